The van der Waals surface area contributed by atoms with Crippen LogP contribution >= 0.6 is 0 Å². The molecule has 0 fully saturated rings. The molecule has 0 spiro atoms. The molecule has 0 unspecified atom stereocenters. The molecule has 0 radical (unpaired) electrons. The third-order valence-electron chi connectivity index (χ3n) is 8.96. The first-order chi connectivity index (χ1) is 21.1. The van der Waals surface area contributed by atoms with Gasteiger partial charge < -0.3 is 43.3 Å². The van der Waals surface area contributed by atoms with Gasteiger partial charge in [-0.05, 0) is 25.7 Å². The molecular formula is C38H78Cl2N2O4. The first-order valence-corrected chi connectivity index (χ1v) is 19.1. The molecule has 0 amide bonds. The highest BCUT2D eigenvalue weighted by molar-refractivity contribution is 5.71. The van der Waals surface area contributed by atoms with Crippen LogP contribution < -0.4 is 24.8 Å². The zero-order valence-electron chi connectivity index (χ0n) is 31.5. The van der Waals surface area contributed by atoms with E-state index < -0.39 is 0 Å². The van der Waals surface area contributed by atoms with Crippen molar-refractivity contribution in [2.75, 3.05) is 67.6 Å². The molecule has 0 N–H and O–H groups in total. The van der Waals surface area contributed by atoms with Gasteiger partial charge in [-0.15, -0.1) is 0 Å². The molecule has 6 nitrogen and oxygen atoms in total. The third kappa shape index (κ3) is 36.3. The highest BCUT2D eigenvalue weighted by Crippen LogP contribution is 2.14. The summed E-state index contributed by atoms with van der Waals surface area (Å²) in [5, 5.41) is 0. The second-order valence-corrected chi connectivity index (χ2v) is 14.9. The third-order valence-corrected chi connectivity index (χ3v) is 8.96. The standard InChI is InChI=1S/C38H78N2O4.2ClH/c1-7-9-11-13-15-17-19-21-23-25-27-29-31-39(3,4)35-37(41)43-33-34-44-38(42)36-40(5,6)32-30-28-26-24-22-20-18-16-14-12-10-8-2;;/h7-36H2,1-6H3;2*1H/q+2;;/p-2. The average molecular weight is 698 g/mol. The van der Waals surface area contributed by atoms with Crippen molar-refractivity contribution in [3.63, 3.8) is 0 Å². The van der Waals surface area contributed by atoms with Crippen LogP contribution in [0, 0.1) is 0 Å². The summed E-state index contributed by atoms with van der Waals surface area (Å²) in [4.78, 5) is 24.7. The van der Waals surface area contributed by atoms with Crippen molar-refractivity contribution in [1.82, 2.24) is 0 Å². The average Bonchev–Trinajstić information content (AvgIpc) is 2.96. The van der Waals surface area contributed by atoms with Gasteiger partial charge in [-0.2, -0.15) is 0 Å². The van der Waals surface area contributed by atoms with Crippen LogP contribution in [0.25, 0.3) is 0 Å². The zero-order valence-corrected chi connectivity index (χ0v) is 33.0. The minimum atomic E-state index is -0.215. The first-order valence-electron chi connectivity index (χ1n) is 19.1. The molecule has 46 heavy (non-hydrogen) atoms. The van der Waals surface area contributed by atoms with Gasteiger partial charge in [0.2, 0.25) is 0 Å². The second kappa shape index (κ2) is 34.3. The Morgan fingerprint density at radius 1 is 0.391 bits per heavy atom. The molecule has 278 valence electrons. The van der Waals surface area contributed by atoms with Crippen LogP contribution in [0.15, 0.2) is 0 Å². The largest absolute Gasteiger partial charge is 1.00 e. The van der Waals surface area contributed by atoms with Crippen molar-refractivity contribution in [3.05, 3.63) is 0 Å². The smallest absolute Gasteiger partial charge is 0.361 e. The van der Waals surface area contributed by atoms with Crippen LogP contribution in [0.3, 0.4) is 0 Å². The summed E-state index contributed by atoms with van der Waals surface area (Å²) in [6, 6.07) is 0. The number of likely N-dealkylation sites (N-methyl/N-ethyl adjacent to an activating group) is 2. The Morgan fingerprint density at radius 3 is 0.848 bits per heavy atom. The number of ether oxygens (including phenoxy) is 2. The number of rotatable bonds is 33. The molecule has 0 aliphatic carbocycles. The molecule has 0 rings (SSSR count). The van der Waals surface area contributed by atoms with E-state index in [9.17, 15) is 9.59 Å². The van der Waals surface area contributed by atoms with Gasteiger partial charge in [0.15, 0.2) is 13.1 Å². The predicted octanol–water partition coefficient (Wildman–Crippen LogP) is 3.64. The van der Waals surface area contributed by atoms with Gasteiger partial charge in [0.1, 0.15) is 13.2 Å². The van der Waals surface area contributed by atoms with E-state index >= 15 is 0 Å². The number of hydrogen-bond donors (Lipinski definition) is 0. The fourth-order valence-corrected chi connectivity index (χ4v) is 6.02. The highest BCUT2D eigenvalue weighted by atomic mass is 35.5. The van der Waals surface area contributed by atoms with E-state index in [1.807, 2.05) is 0 Å². The molecular weight excluding hydrogens is 619 g/mol. The van der Waals surface area contributed by atoms with E-state index in [0.717, 1.165) is 25.9 Å². The molecule has 0 atom stereocenters. The van der Waals surface area contributed by atoms with Gasteiger partial charge in [-0.25, -0.2) is 9.59 Å². The van der Waals surface area contributed by atoms with E-state index in [1.54, 1.807) is 0 Å². The van der Waals surface area contributed by atoms with Crippen LogP contribution in [0.4, 0.5) is 0 Å². The van der Waals surface area contributed by atoms with Crippen LogP contribution in [-0.4, -0.2) is 88.5 Å². The molecule has 0 aliphatic rings. The lowest BCUT2D eigenvalue weighted by Gasteiger charge is -2.29. The monoisotopic (exact) mass is 697 g/mol. The predicted molar refractivity (Wildman–Crippen MR) is 188 cm³/mol. The molecule has 0 heterocycles. The van der Waals surface area contributed by atoms with Crippen LogP contribution in [0.2, 0.25) is 0 Å². The van der Waals surface area contributed by atoms with E-state index in [1.165, 1.54) is 141 Å². The van der Waals surface area contributed by atoms with Crippen molar-refractivity contribution in [1.29, 1.82) is 0 Å². The Bertz CT molecular complexity index is 621. The summed E-state index contributed by atoms with van der Waals surface area (Å²) in [6.45, 7) is 7.49. The Kier molecular flexibility index (Phi) is 37.2. The second-order valence-electron chi connectivity index (χ2n) is 14.9. The molecule has 8 heteroatoms. The SMILES string of the molecule is CCCCCCCCCCCCCC[N+](C)(C)CC(=O)OCCOC(=O)C[N+](C)(C)CCCCCCCCCCCCCC.[Cl-].[Cl-]. The van der Waals surface area contributed by atoms with E-state index in [4.69, 9.17) is 9.47 Å². The number of unbranched alkanes of at least 4 members (excludes halogenated alkanes) is 22. The fraction of sp³-hybridized carbons (Fsp3) is 0.947. The summed E-state index contributed by atoms with van der Waals surface area (Å²) in [5.41, 5.74) is 0. The molecule has 0 aromatic heterocycles. The van der Waals surface area contributed by atoms with Crippen molar-refractivity contribution in [2.45, 2.75) is 168 Å². The molecule has 0 bridgehead atoms. The Balaban J connectivity index is -0.00000924. The van der Waals surface area contributed by atoms with Crippen LogP contribution in [0.5, 0.6) is 0 Å². The van der Waals surface area contributed by atoms with Crippen molar-refractivity contribution >= 4 is 11.9 Å². The molecule has 0 saturated carbocycles. The topological polar surface area (TPSA) is 52.6 Å². The van der Waals surface area contributed by atoms with E-state index in [-0.39, 0.29) is 50.0 Å². The van der Waals surface area contributed by atoms with Crippen LogP contribution in [-0.2, 0) is 19.1 Å². The Labute approximate surface area is 299 Å². The number of nitrogens with zero attached hydrogens (tertiary/aromatic N) is 2. The summed E-state index contributed by atoms with van der Waals surface area (Å²) in [7, 11) is 8.37. The summed E-state index contributed by atoms with van der Waals surface area (Å²) >= 11 is 0. The number of hydrogen-bond acceptors (Lipinski definition) is 4. The maximum Gasteiger partial charge on any atom is 0.361 e. The van der Waals surface area contributed by atoms with Gasteiger partial charge in [0.25, 0.3) is 0 Å². The van der Waals surface area contributed by atoms with Gasteiger partial charge in [0, 0.05) is 0 Å². The molecule has 0 aromatic carbocycles. The Hall–Kier alpha value is -0.560. The quantitative estimate of drug-likeness (QED) is 0.0598. The van der Waals surface area contributed by atoms with Crippen molar-refractivity contribution < 1.29 is 52.8 Å². The van der Waals surface area contributed by atoms with Gasteiger partial charge >= 0.3 is 11.9 Å². The lowest BCUT2D eigenvalue weighted by atomic mass is 10.1. The lowest BCUT2D eigenvalue weighted by Crippen LogP contribution is -3.00. The van der Waals surface area contributed by atoms with Gasteiger partial charge in [0.05, 0.1) is 41.3 Å². The first kappa shape index (κ1) is 49.8. The van der Waals surface area contributed by atoms with E-state index in [2.05, 4.69) is 42.0 Å². The van der Waals surface area contributed by atoms with Crippen molar-refractivity contribution in [2.24, 2.45) is 0 Å². The normalized spacial score (nSPS) is 11.5. The fourth-order valence-electron chi connectivity index (χ4n) is 6.02. The molecule has 0 aromatic rings. The Morgan fingerprint density at radius 2 is 0.609 bits per heavy atom. The zero-order chi connectivity index (χ0) is 32.8. The minimum absolute atomic E-state index is 0. The number of carbonyl (C=O) groups is 2. The van der Waals surface area contributed by atoms with Gasteiger partial charge in [-0.3, -0.25) is 0 Å². The summed E-state index contributed by atoms with van der Waals surface area (Å²) < 4.78 is 12.0. The van der Waals surface area contributed by atoms with E-state index in [0.29, 0.717) is 22.1 Å². The number of halogens is 2. The van der Waals surface area contributed by atoms with Crippen molar-refractivity contribution in [3.8, 4) is 0 Å². The summed E-state index contributed by atoms with van der Waals surface area (Å²) in [5.74, 6) is -0.429. The number of carbonyl (C=O) groups excluding carboxylic acids is 2. The van der Waals surface area contributed by atoms with Crippen LogP contribution in [0.1, 0.15) is 168 Å². The lowest BCUT2D eigenvalue weighted by molar-refractivity contribution is -0.883. The number of quaternary nitrogens is 2. The minimum Gasteiger partial charge on any atom is -1.00 e. The molecule has 0 saturated heterocycles. The maximum absolute atomic E-state index is 12.4. The summed E-state index contributed by atoms with van der Waals surface area (Å²) in [6.07, 6.45) is 32.1. The highest BCUT2D eigenvalue weighted by Gasteiger charge is 2.22. The number of esters is 2. The van der Waals surface area contributed by atoms with Gasteiger partial charge in [-0.1, -0.05) is 142 Å². The maximum atomic E-state index is 12.4. The molecule has 0 aliphatic heterocycles.